The van der Waals surface area contributed by atoms with Crippen LogP contribution in [0.1, 0.15) is 29.6 Å². The zero-order valence-corrected chi connectivity index (χ0v) is 10.5. The maximum atomic E-state index is 12.7. The summed E-state index contributed by atoms with van der Waals surface area (Å²) in [5, 5.41) is 2.85. The molecule has 18 heavy (non-hydrogen) atoms. The third kappa shape index (κ3) is 3.81. The lowest BCUT2D eigenvalue weighted by molar-refractivity contribution is 0.0952. The van der Waals surface area contributed by atoms with E-state index in [-0.39, 0.29) is 11.7 Å². The number of likely N-dealkylation sites (tertiary alicyclic amines) is 1. The van der Waals surface area contributed by atoms with E-state index in [0.717, 1.165) is 13.0 Å². The van der Waals surface area contributed by atoms with Crippen LogP contribution in [0.3, 0.4) is 0 Å². The Labute approximate surface area is 107 Å². The summed E-state index contributed by atoms with van der Waals surface area (Å²) in [6.07, 6.45) is 3.55. The van der Waals surface area contributed by atoms with Crippen molar-refractivity contribution < 1.29 is 9.18 Å². The van der Waals surface area contributed by atoms with E-state index in [1.165, 1.54) is 50.2 Å². The molecule has 1 aromatic rings. The fourth-order valence-corrected chi connectivity index (χ4v) is 2.21. The van der Waals surface area contributed by atoms with Crippen LogP contribution in [0, 0.1) is 5.82 Å². The number of rotatable bonds is 5. The maximum Gasteiger partial charge on any atom is 0.251 e. The fraction of sp³-hybridized carbons (Fsp3) is 0.500. The van der Waals surface area contributed by atoms with Gasteiger partial charge in [-0.2, -0.15) is 0 Å². The second-order valence-electron chi connectivity index (χ2n) is 4.67. The van der Waals surface area contributed by atoms with Gasteiger partial charge < -0.3 is 10.2 Å². The van der Waals surface area contributed by atoms with Crippen LogP contribution in [0.2, 0.25) is 0 Å². The van der Waals surface area contributed by atoms with Gasteiger partial charge in [-0.15, -0.1) is 0 Å². The second-order valence-corrected chi connectivity index (χ2v) is 4.67. The van der Waals surface area contributed by atoms with E-state index < -0.39 is 0 Å². The monoisotopic (exact) mass is 250 g/mol. The molecule has 1 fully saturated rings. The molecule has 1 saturated heterocycles. The SMILES string of the molecule is O=C(NCCCN1CCCC1)c1ccc(F)cc1. The summed E-state index contributed by atoms with van der Waals surface area (Å²) in [6, 6.07) is 5.62. The number of hydrogen-bond donors (Lipinski definition) is 1. The Balaban J connectivity index is 1.66. The molecule has 3 nitrogen and oxygen atoms in total. The molecule has 0 radical (unpaired) electrons. The van der Waals surface area contributed by atoms with E-state index in [2.05, 4.69) is 10.2 Å². The van der Waals surface area contributed by atoms with Crippen molar-refractivity contribution in [3.05, 3.63) is 35.6 Å². The molecule has 0 bridgehead atoms. The molecule has 1 amide bonds. The van der Waals surface area contributed by atoms with E-state index in [9.17, 15) is 9.18 Å². The van der Waals surface area contributed by atoms with Crippen molar-refractivity contribution in [1.29, 1.82) is 0 Å². The Morgan fingerprint density at radius 2 is 1.89 bits per heavy atom. The van der Waals surface area contributed by atoms with Crippen LogP contribution in [0.25, 0.3) is 0 Å². The zero-order valence-electron chi connectivity index (χ0n) is 10.5. The normalized spacial score (nSPS) is 15.8. The predicted octanol–water partition coefficient (Wildman–Crippen LogP) is 2.04. The quantitative estimate of drug-likeness (QED) is 0.811. The van der Waals surface area contributed by atoms with Gasteiger partial charge in [0.2, 0.25) is 0 Å². The number of carbonyl (C=O) groups is 1. The maximum absolute atomic E-state index is 12.7. The minimum atomic E-state index is -0.319. The molecule has 1 heterocycles. The Morgan fingerprint density at radius 3 is 2.56 bits per heavy atom. The Morgan fingerprint density at radius 1 is 1.22 bits per heavy atom. The van der Waals surface area contributed by atoms with Crippen molar-refractivity contribution in [3.63, 3.8) is 0 Å². The third-order valence-electron chi connectivity index (χ3n) is 3.24. The number of benzene rings is 1. The van der Waals surface area contributed by atoms with E-state index in [4.69, 9.17) is 0 Å². The number of nitrogens with one attached hydrogen (secondary N) is 1. The van der Waals surface area contributed by atoms with Gasteiger partial charge >= 0.3 is 0 Å². The average molecular weight is 250 g/mol. The molecule has 0 aliphatic carbocycles. The van der Waals surface area contributed by atoms with Gasteiger partial charge in [0.15, 0.2) is 0 Å². The smallest absolute Gasteiger partial charge is 0.251 e. The minimum absolute atomic E-state index is 0.128. The highest BCUT2D eigenvalue weighted by molar-refractivity contribution is 5.94. The van der Waals surface area contributed by atoms with E-state index in [1.807, 2.05) is 0 Å². The molecule has 1 aromatic carbocycles. The van der Waals surface area contributed by atoms with Crippen LogP contribution in [0.5, 0.6) is 0 Å². The molecule has 0 spiro atoms. The second kappa shape index (κ2) is 6.50. The molecular formula is C14H19FN2O. The summed E-state index contributed by atoms with van der Waals surface area (Å²) >= 11 is 0. The van der Waals surface area contributed by atoms with Crippen molar-refractivity contribution in [2.45, 2.75) is 19.3 Å². The largest absolute Gasteiger partial charge is 0.352 e. The van der Waals surface area contributed by atoms with Gasteiger partial charge in [-0.1, -0.05) is 0 Å². The number of hydrogen-bond acceptors (Lipinski definition) is 2. The standard InChI is InChI=1S/C14H19FN2O/c15-13-6-4-12(5-7-13)14(18)16-8-3-11-17-9-1-2-10-17/h4-7H,1-3,8-11H2,(H,16,18). The van der Waals surface area contributed by atoms with Crippen molar-refractivity contribution in [2.75, 3.05) is 26.2 Å². The molecule has 0 unspecified atom stereocenters. The van der Waals surface area contributed by atoms with E-state index in [0.29, 0.717) is 12.1 Å². The van der Waals surface area contributed by atoms with Gasteiger partial charge in [-0.05, 0) is 63.2 Å². The number of amides is 1. The highest BCUT2D eigenvalue weighted by Gasteiger charge is 2.10. The molecule has 0 aromatic heterocycles. The zero-order chi connectivity index (χ0) is 12.8. The van der Waals surface area contributed by atoms with Gasteiger partial charge in [0.1, 0.15) is 5.82 Å². The molecule has 0 atom stereocenters. The lowest BCUT2D eigenvalue weighted by Gasteiger charge is -2.14. The van der Waals surface area contributed by atoms with Crippen molar-refractivity contribution in [1.82, 2.24) is 10.2 Å². The summed E-state index contributed by atoms with van der Waals surface area (Å²) in [6.45, 7) is 4.09. The Bertz CT molecular complexity index is 385. The van der Waals surface area contributed by atoms with Gasteiger partial charge in [0, 0.05) is 12.1 Å². The summed E-state index contributed by atoms with van der Waals surface area (Å²) in [4.78, 5) is 14.1. The van der Waals surface area contributed by atoms with Crippen molar-refractivity contribution in [2.24, 2.45) is 0 Å². The molecule has 0 saturated carbocycles. The van der Waals surface area contributed by atoms with Crippen LogP contribution in [-0.2, 0) is 0 Å². The first-order chi connectivity index (χ1) is 8.75. The highest BCUT2D eigenvalue weighted by Crippen LogP contribution is 2.07. The molecule has 1 aliphatic heterocycles. The van der Waals surface area contributed by atoms with Gasteiger partial charge in [0.25, 0.3) is 5.91 Å². The van der Waals surface area contributed by atoms with Crippen LogP contribution in [0.15, 0.2) is 24.3 Å². The van der Waals surface area contributed by atoms with Crippen LogP contribution in [-0.4, -0.2) is 37.0 Å². The summed E-state index contributed by atoms with van der Waals surface area (Å²) < 4.78 is 12.7. The lowest BCUT2D eigenvalue weighted by atomic mass is 10.2. The Kier molecular flexibility index (Phi) is 4.70. The predicted molar refractivity (Wildman–Crippen MR) is 69.0 cm³/mol. The van der Waals surface area contributed by atoms with Gasteiger partial charge in [-0.3, -0.25) is 4.79 Å². The number of carbonyl (C=O) groups excluding carboxylic acids is 1. The van der Waals surface area contributed by atoms with Crippen LogP contribution in [0.4, 0.5) is 4.39 Å². The fourth-order valence-electron chi connectivity index (χ4n) is 2.21. The molecule has 1 aliphatic rings. The Hall–Kier alpha value is -1.42. The topological polar surface area (TPSA) is 32.3 Å². The molecule has 1 N–H and O–H groups in total. The molecule has 4 heteroatoms. The number of nitrogens with zero attached hydrogens (tertiary/aromatic N) is 1. The first-order valence-electron chi connectivity index (χ1n) is 6.52. The summed E-state index contributed by atoms with van der Waals surface area (Å²) in [5.74, 6) is -0.447. The summed E-state index contributed by atoms with van der Waals surface area (Å²) in [7, 11) is 0. The first kappa shape index (κ1) is 13.0. The molecular weight excluding hydrogens is 231 g/mol. The molecule has 2 rings (SSSR count). The third-order valence-corrected chi connectivity index (χ3v) is 3.24. The molecule has 98 valence electrons. The first-order valence-corrected chi connectivity index (χ1v) is 6.52. The van der Waals surface area contributed by atoms with Gasteiger partial charge in [0.05, 0.1) is 0 Å². The van der Waals surface area contributed by atoms with Crippen LogP contribution >= 0.6 is 0 Å². The van der Waals surface area contributed by atoms with Crippen LogP contribution < -0.4 is 5.32 Å². The average Bonchev–Trinajstić information content (AvgIpc) is 2.88. The summed E-state index contributed by atoms with van der Waals surface area (Å²) in [5.41, 5.74) is 0.512. The van der Waals surface area contributed by atoms with E-state index in [1.54, 1.807) is 0 Å². The highest BCUT2D eigenvalue weighted by atomic mass is 19.1. The van der Waals surface area contributed by atoms with E-state index >= 15 is 0 Å². The minimum Gasteiger partial charge on any atom is -0.352 e. The number of halogens is 1. The van der Waals surface area contributed by atoms with Crippen molar-refractivity contribution in [3.8, 4) is 0 Å². The lowest BCUT2D eigenvalue weighted by Crippen LogP contribution is -2.28. The van der Waals surface area contributed by atoms with Gasteiger partial charge in [-0.25, -0.2) is 4.39 Å². The van der Waals surface area contributed by atoms with Crippen molar-refractivity contribution >= 4 is 5.91 Å².